The average Bonchev–Trinajstić information content (AvgIpc) is 3.32. The number of pyridine rings is 1. The first-order valence-electron chi connectivity index (χ1n) is 9.23. The molecule has 26 heavy (non-hydrogen) atoms. The van der Waals surface area contributed by atoms with Gasteiger partial charge in [-0.15, -0.1) is 0 Å². The zero-order valence-electron chi connectivity index (χ0n) is 14.9. The number of carbonyl (C=O) groups is 2. The lowest BCUT2D eigenvalue weighted by Crippen LogP contribution is -2.24. The lowest BCUT2D eigenvalue weighted by atomic mass is 10.1. The Kier molecular flexibility index (Phi) is 6.17. The number of rotatable bonds is 8. The minimum Gasteiger partial charge on any atom is -0.478 e. The summed E-state index contributed by atoms with van der Waals surface area (Å²) >= 11 is 0. The van der Waals surface area contributed by atoms with E-state index in [2.05, 4.69) is 16.0 Å². The highest BCUT2D eigenvalue weighted by Gasteiger charge is 2.25. The van der Waals surface area contributed by atoms with Crippen LogP contribution < -0.4 is 0 Å². The summed E-state index contributed by atoms with van der Waals surface area (Å²) in [6.45, 7) is 2.17. The highest BCUT2D eigenvalue weighted by molar-refractivity contribution is 5.89. The number of aromatic nitrogens is 2. The fraction of sp³-hybridized carbons (Fsp3) is 0.450. The van der Waals surface area contributed by atoms with E-state index in [4.69, 9.17) is 5.11 Å². The molecule has 6 heteroatoms. The van der Waals surface area contributed by atoms with Gasteiger partial charge in [0.1, 0.15) is 0 Å². The summed E-state index contributed by atoms with van der Waals surface area (Å²) in [4.78, 5) is 29.7. The van der Waals surface area contributed by atoms with E-state index in [1.165, 1.54) is 41.4 Å². The molecule has 3 rings (SSSR count). The van der Waals surface area contributed by atoms with E-state index in [0.717, 1.165) is 32.4 Å². The Morgan fingerprint density at radius 1 is 1.23 bits per heavy atom. The van der Waals surface area contributed by atoms with E-state index >= 15 is 0 Å². The monoisotopic (exact) mass is 355 g/mol. The number of likely N-dealkylation sites (tertiary alicyclic amines) is 1. The van der Waals surface area contributed by atoms with Crippen molar-refractivity contribution >= 4 is 11.9 Å². The third-order valence-electron chi connectivity index (χ3n) is 5.00. The maximum absolute atomic E-state index is 12.1. The molecule has 1 fully saturated rings. The van der Waals surface area contributed by atoms with Crippen molar-refractivity contribution in [3.63, 3.8) is 0 Å². The number of unbranched alkanes of at least 4 members (excludes halogenated alkanes) is 2. The van der Waals surface area contributed by atoms with E-state index < -0.39 is 5.97 Å². The molecule has 1 atom stereocenters. The van der Waals surface area contributed by atoms with Crippen molar-refractivity contribution in [1.82, 2.24) is 14.5 Å². The first-order chi connectivity index (χ1) is 12.6. The van der Waals surface area contributed by atoms with Crippen LogP contribution in [0, 0.1) is 0 Å². The van der Waals surface area contributed by atoms with Crippen molar-refractivity contribution in [3.8, 4) is 0 Å². The second kappa shape index (κ2) is 8.76. The predicted octanol–water partition coefficient (Wildman–Crippen LogP) is 3.62. The van der Waals surface area contributed by atoms with Gasteiger partial charge in [0.05, 0.1) is 5.56 Å². The lowest BCUT2D eigenvalue weighted by Gasteiger charge is -2.24. The highest BCUT2D eigenvalue weighted by atomic mass is 16.4. The van der Waals surface area contributed by atoms with Gasteiger partial charge in [-0.2, -0.15) is 0 Å². The van der Waals surface area contributed by atoms with Gasteiger partial charge in [0.2, 0.25) is 5.91 Å². The van der Waals surface area contributed by atoms with Crippen LogP contribution in [-0.4, -0.2) is 44.5 Å². The summed E-state index contributed by atoms with van der Waals surface area (Å²) in [7, 11) is 0. The number of aromatic carboxylic acids is 1. The van der Waals surface area contributed by atoms with Gasteiger partial charge in [-0.1, -0.05) is 12.5 Å². The van der Waals surface area contributed by atoms with Crippen molar-refractivity contribution in [2.24, 2.45) is 0 Å². The molecule has 2 aromatic rings. The molecular weight excluding hydrogens is 330 g/mol. The molecular formula is C20H25N3O3. The Balaban J connectivity index is 1.38. The Morgan fingerprint density at radius 3 is 2.85 bits per heavy atom. The van der Waals surface area contributed by atoms with Crippen molar-refractivity contribution in [2.45, 2.75) is 44.6 Å². The van der Waals surface area contributed by atoms with Crippen LogP contribution in [0.2, 0.25) is 0 Å². The van der Waals surface area contributed by atoms with Crippen LogP contribution in [0.25, 0.3) is 0 Å². The predicted molar refractivity (Wildman–Crippen MR) is 98.3 cm³/mol. The van der Waals surface area contributed by atoms with Crippen molar-refractivity contribution < 1.29 is 14.7 Å². The van der Waals surface area contributed by atoms with Crippen LogP contribution in [0.4, 0.5) is 0 Å². The van der Waals surface area contributed by atoms with Crippen molar-refractivity contribution in [1.29, 1.82) is 0 Å². The van der Waals surface area contributed by atoms with Crippen LogP contribution in [-0.2, 0) is 0 Å². The zero-order valence-corrected chi connectivity index (χ0v) is 14.9. The van der Waals surface area contributed by atoms with Crippen LogP contribution in [0.15, 0.2) is 43.0 Å². The molecule has 1 saturated heterocycles. The summed E-state index contributed by atoms with van der Waals surface area (Å²) < 4.78 is 1.38. The summed E-state index contributed by atoms with van der Waals surface area (Å²) in [5.74, 6) is -1.06. The number of carboxylic acid groups (broad SMARTS) is 1. The third kappa shape index (κ3) is 4.58. The standard InChI is InChI=1S/C20H25N3O3/c24-19(23-13-9-17(15-23)20(25)26)8-2-1-3-11-22-12-5-7-18(22)16-6-4-10-21-14-16/h4,6,9-10,13-15,18H,1-3,5,7-8,11-12H2,(H,25,26). The van der Waals surface area contributed by atoms with Crippen molar-refractivity contribution in [2.75, 3.05) is 13.1 Å². The summed E-state index contributed by atoms with van der Waals surface area (Å²) in [5, 5.41) is 8.90. The molecule has 2 aromatic heterocycles. The Hall–Kier alpha value is -2.47. The molecule has 0 amide bonds. The van der Waals surface area contributed by atoms with Crippen LogP contribution >= 0.6 is 0 Å². The van der Waals surface area contributed by atoms with E-state index in [-0.39, 0.29) is 11.5 Å². The van der Waals surface area contributed by atoms with E-state index in [0.29, 0.717) is 12.5 Å². The molecule has 1 unspecified atom stereocenters. The molecule has 0 saturated carbocycles. The van der Waals surface area contributed by atoms with Gasteiger partial charge in [0.25, 0.3) is 0 Å². The molecule has 0 spiro atoms. The Morgan fingerprint density at radius 2 is 2.12 bits per heavy atom. The average molecular weight is 355 g/mol. The molecule has 138 valence electrons. The molecule has 0 aromatic carbocycles. The van der Waals surface area contributed by atoms with Gasteiger partial charge in [-0.25, -0.2) is 4.79 Å². The molecule has 0 bridgehead atoms. The van der Waals surface area contributed by atoms with Crippen LogP contribution in [0.3, 0.4) is 0 Å². The quantitative estimate of drug-likeness (QED) is 0.732. The second-order valence-electron chi connectivity index (χ2n) is 6.80. The highest BCUT2D eigenvalue weighted by Crippen LogP contribution is 2.31. The van der Waals surface area contributed by atoms with Gasteiger partial charge in [-0.05, 0) is 56.5 Å². The number of hydrogen-bond acceptors (Lipinski definition) is 4. The minimum absolute atomic E-state index is 0.0492. The molecule has 6 nitrogen and oxygen atoms in total. The Bertz CT molecular complexity index is 742. The fourth-order valence-corrected chi connectivity index (χ4v) is 3.62. The molecule has 3 heterocycles. The number of carbonyl (C=O) groups excluding carboxylic acids is 1. The fourth-order valence-electron chi connectivity index (χ4n) is 3.62. The molecule has 0 aliphatic carbocycles. The number of hydrogen-bond donors (Lipinski definition) is 1. The summed E-state index contributed by atoms with van der Waals surface area (Å²) in [5.41, 5.74) is 1.44. The van der Waals surface area contributed by atoms with Gasteiger partial charge < -0.3 is 5.11 Å². The molecule has 1 aliphatic heterocycles. The SMILES string of the molecule is O=C(O)c1ccn(C(=O)CCCCCN2CCCC2c2cccnc2)c1. The molecule has 0 radical (unpaired) electrons. The summed E-state index contributed by atoms with van der Waals surface area (Å²) in [6.07, 6.45) is 12.4. The van der Waals surface area contributed by atoms with Gasteiger partial charge in [-0.3, -0.25) is 19.2 Å². The van der Waals surface area contributed by atoms with Gasteiger partial charge in [0.15, 0.2) is 0 Å². The maximum atomic E-state index is 12.1. The third-order valence-corrected chi connectivity index (χ3v) is 5.00. The normalized spacial score (nSPS) is 17.5. The van der Waals surface area contributed by atoms with E-state index in [9.17, 15) is 9.59 Å². The largest absolute Gasteiger partial charge is 0.478 e. The first kappa shape index (κ1) is 18.3. The van der Waals surface area contributed by atoms with Crippen LogP contribution in [0.1, 0.15) is 65.3 Å². The lowest BCUT2D eigenvalue weighted by molar-refractivity contribution is 0.0697. The second-order valence-corrected chi connectivity index (χ2v) is 6.80. The van der Waals surface area contributed by atoms with Crippen molar-refractivity contribution in [3.05, 3.63) is 54.1 Å². The van der Waals surface area contributed by atoms with E-state index in [1.807, 2.05) is 18.5 Å². The number of carboxylic acids is 1. The van der Waals surface area contributed by atoms with Crippen LogP contribution in [0.5, 0.6) is 0 Å². The number of nitrogens with zero attached hydrogens (tertiary/aromatic N) is 3. The maximum Gasteiger partial charge on any atom is 0.337 e. The van der Waals surface area contributed by atoms with E-state index in [1.54, 1.807) is 0 Å². The molecule has 1 aliphatic rings. The molecule has 1 N–H and O–H groups in total. The summed E-state index contributed by atoms with van der Waals surface area (Å²) in [6, 6.07) is 6.07. The Labute approximate surface area is 153 Å². The minimum atomic E-state index is -1.01. The smallest absolute Gasteiger partial charge is 0.337 e. The first-order valence-corrected chi connectivity index (χ1v) is 9.23. The topological polar surface area (TPSA) is 75.4 Å². The van der Waals surface area contributed by atoms with Gasteiger partial charge in [0, 0.05) is 37.3 Å². The van der Waals surface area contributed by atoms with Gasteiger partial charge >= 0.3 is 5.97 Å². The zero-order chi connectivity index (χ0) is 18.4.